The van der Waals surface area contributed by atoms with Crippen molar-refractivity contribution in [2.24, 2.45) is 11.7 Å². The number of nitrogens with zero attached hydrogens (tertiary/aromatic N) is 1. The zero-order valence-corrected chi connectivity index (χ0v) is 9.19. The smallest absolute Gasteiger partial charge is 0.226 e. The minimum Gasteiger partial charge on any atom is -0.338 e. The summed E-state index contributed by atoms with van der Waals surface area (Å²) in [4.78, 5) is 14.2. The molecule has 0 aromatic carbocycles. The second kappa shape index (κ2) is 4.79. The van der Waals surface area contributed by atoms with Crippen LogP contribution in [0.5, 0.6) is 0 Å². The molecule has 1 aliphatic carbocycles. The predicted molar refractivity (Wildman–Crippen MR) is 60.3 cm³/mol. The number of amides is 1. The van der Waals surface area contributed by atoms with Gasteiger partial charge in [-0.25, -0.2) is 0 Å². The van der Waals surface area contributed by atoms with Gasteiger partial charge >= 0.3 is 0 Å². The van der Waals surface area contributed by atoms with Gasteiger partial charge in [-0.15, -0.1) is 0 Å². The van der Waals surface area contributed by atoms with Crippen LogP contribution in [0.3, 0.4) is 0 Å². The number of allylic oxidation sites excluding steroid dienone is 2. The standard InChI is InChI=1S/C12H20N2O/c13-9-11-7-4-8-14(11)12(15)10-5-2-1-3-6-10/h1-2,10-11H,3-9,13H2. The Kier molecular flexibility index (Phi) is 3.41. The Labute approximate surface area is 91.3 Å². The molecule has 1 aliphatic heterocycles. The fourth-order valence-electron chi connectivity index (χ4n) is 2.62. The lowest BCUT2D eigenvalue weighted by Gasteiger charge is -2.28. The Morgan fingerprint density at radius 3 is 2.93 bits per heavy atom. The molecular formula is C12H20N2O. The summed E-state index contributed by atoms with van der Waals surface area (Å²) in [6.45, 7) is 1.54. The molecular weight excluding hydrogens is 188 g/mol. The van der Waals surface area contributed by atoms with Gasteiger partial charge in [0.25, 0.3) is 0 Å². The lowest BCUT2D eigenvalue weighted by molar-refractivity contribution is -0.136. The van der Waals surface area contributed by atoms with E-state index in [1.165, 1.54) is 0 Å². The lowest BCUT2D eigenvalue weighted by atomic mass is 9.93. The molecule has 3 heteroatoms. The summed E-state index contributed by atoms with van der Waals surface area (Å²) in [5, 5.41) is 0. The van der Waals surface area contributed by atoms with Crippen LogP contribution in [0.4, 0.5) is 0 Å². The largest absolute Gasteiger partial charge is 0.338 e. The summed E-state index contributed by atoms with van der Waals surface area (Å²) < 4.78 is 0. The van der Waals surface area contributed by atoms with E-state index in [0.717, 1.165) is 38.6 Å². The fraction of sp³-hybridized carbons (Fsp3) is 0.750. The molecule has 3 nitrogen and oxygen atoms in total. The Morgan fingerprint density at radius 2 is 2.27 bits per heavy atom. The number of likely N-dealkylation sites (tertiary alicyclic amines) is 1. The first-order valence-electron chi connectivity index (χ1n) is 5.98. The molecule has 1 heterocycles. The van der Waals surface area contributed by atoms with Crippen molar-refractivity contribution in [1.82, 2.24) is 4.90 Å². The molecule has 2 N–H and O–H groups in total. The van der Waals surface area contributed by atoms with Crippen LogP contribution < -0.4 is 5.73 Å². The highest BCUT2D eigenvalue weighted by Gasteiger charge is 2.31. The van der Waals surface area contributed by atoms with E-state index in [2.05, 4.69) is 12.2 Å². The zero-order valence-electron chi connectivity index (χ0n) is 9.19. The van der Waals surface area contributed by atoms with Crippen LogP contribution in [0.25, 0.3) is 0 Å². The molecule has 2 unspecified atom stereocenters. The van der Waals surface area contributed by atoms with Crippen molar-refractivity contribution in [3.05, 3.63) is 12.2 Å². The lowest BCUT2D eigenvalue weighted by Crippen LogP contribution is -2.43. The summed E-state index contributed by atoms with van der Waals surface area (Å²) in [5.41, 5.74) is 5.68. The van der Waals surface area contributed by atoms with Crippen molar-refractivity contribution in [3.8, 4) is 0 Å². The molecule has 0 radical (unpaired) electrons. The van der Waals surface area contributed by atoms with Crippen molar-refractivity contribution in [2.75, 3.05) is 13.1 Å². The van der Waals surface area contributed by atoms with E-state index in [0.29, 0.717) is 18.5 Å². The molecule has 0 spiro atoms. The third-order valence-electron chi connectivity index (χ3n) is 3.55. The van der Waals surface area contributed by atoms with Crippen molar-refractivity contribution < 1.29 is 4.79 Å². The average molecular weight is 208 g/mol. The average Bonchev–Trinajstić information content (AvgIpc) is 2.77. The Morgan fingerprint density at radius 1 is 1.40 bits per heavy atom. The van der Waals surface area contributed by atoms with Gasteiger partial charge in [0.15, 0.2) is 0 Å². The summed E-state index contributed by atoms with van der Waals surface area (Å²) >= 11 is 0. The molecule has 15 heavy (non-hydrogen) atoms. The third kappa shape index (κ3) is 2.23. The summed E-state index contributed by atoms with van der Waals surface area (Å²) in [5.74, 6) is 0.564. The van der Waals surface area contributed by atoms with Crippen LogP contribution in [0.1, 0.15) is 32.1 Å². The van der Waals surface area contributed by atoms with Gasteiger partial charge in [0.2, 0.25) is 5.91 Å². The third-order valence-corrected chi connectivity index (χ3v) is 3.55. The molecule has 0 bridgehead atoms. The number of rotatable bonds is 2. The molecule has 0 aromatic heterocycles. The van der Waals surface area contributed by atoms with Crippen LogP contribution in [0.15, 0.2) is 12.2 Å². The van der Waals surface area contributed by atoms with E-state index in [9.17, 15) is 4.79 Å². The summed E-state index contributed by atoms with van der Waals surface area (Å²) in [7, 11) is 0. The molecule has 1 fully saturated rings. The first kappa shape index (κ1) is 10.7. The molecule has 84 valence electrons. The number of nitrogens with two attached hydrogens (primary N) is 1. The highest BCUT2D eigenvalue weighted by Crippen LogP contribution is 2.25. The van der Waals surface area contributed by atoms with Gasteiger partial charge in [-0.3, -0.25) is 4.79 Å². The Hall–Kier alpha value is -0.830. The SMILES string of the molecule is NCC1CCCN1C(=O)C1CC=CCC1. The van der Waals surface area contributed by atoms with E-state index < -0.39 is 0 Å². The van der Waals surface area contributed by atoms with Crippen LogP contribution in [-0.4, -0.2) is 29.9 Å². The predicted octanol–water partition coefficient (Wildman–Crippen LogP) is 1.29. The second-order valence-electron chi connectivity index (χ2n) is 4.54. The quantitative estimate of drug-likeness (QED) is 0.695. The molecule has 1 saturated heterocycles. The number of carbonyl (C=O) groups is 1. The molecule has 2 atom stereocenters. The van der Waals surface area contributed by atoms with Gasteiger partial charge in [-0.05, 0) is 32.1 Å². The molecule has 2 rings (SSSR count). The number of hydrogen-bond donors (Lipinski definition) is 1. The summed E-state index contributed by atoms with van der Waals surface area (Å²) in [6.07, 6.45) is 9.52. The van der Waals surface area contributed by atoms with Crippen molar-refractivity contribution in [3.63, 3.8) is 0 Å². The van der Waals surface area contributed by atoms with Gasteiger partial charge in [0, 0.05) is 25.0 Å². The van der Waals surface area contributed by atoms with E-state index in [-0.39, 0.29) is 5.92 Å². The highest BCUT2D eigenvalue weighted by atomic mass is 16.2. The van der Waals surface area contributed by atoms with E-state index in [1.807, 2.05) is 4.90 Å². The molecule has 0 saturated carbocycles. The van der Waals surface area contributed by atoms with E-state index in [4.69, 9.17) is 5.73 Å². The zero-order chi connectivity index (χ0) is 10.7. The van der Waals surface area contributed by atoms with E-state index in [1.54, 1.807) is 0 Å². The fourth-order valence-corrected chi connectivity index (χ4v) is 2.62. The number of carbonyl (C=O) groups excluding carboxylic acids is 1. The van der Waals surface area contributed by atoms with Gasteiger partial charge in [-0.1, -0.05) is 12.2 Å². The van der Waals surface area contributed by atoms with Crippen molar-refractivity contribution >= 4 is 5.91 Å². The topological polar surface area (TPSA) is 46.3 Å². The molecule has 2 aliphatic rings. The van der Waals surface area contributed by atoms with Gasteiger partial charge in [0.05, 0.1) is 0 Å². The maximum Gasteiger partial charge on any atom is 0.226 e. The Bertz CT molecular complexity index is 262. The molecule has 1 amide bonds. The summed E-state index contributed by atoms with van der Waals surface area (Å²) in [6, 6.07) is 0.309. The van der Waals surface area contributed by atoms with Gasteiger partial charge < -0.3 is 10.6 Å². The number of hydrogen-bond acceptors (Lipinski definition) is 2. The van der Waals surface area contributed by atoms with Crippen LogP contribution in [-0.2, 0) is 4.79 Å². The van der Waals surface area contributed by atoms with Crippen LogP contribution >= 0.6 is 0 Å². The highest BCUT2D eigenvalue weighted by molar-refractivity contribution is 5.79. The molecule has 0 aromatic rings. The maximum atomic E-state index is 12.2. The van der Waals surface area contributed by atoms with Crippen molar-refractivity contribution in [2.45, 2.75) is 38.1 Å². The maximum absolute atomic E-state index is 12.2. The van der Waals surface area contributed by atoms with Crippen molar-refractivity contribution in [1.29, 1.82) is 0 Å². The monoisotopic (exact) mass is 208 g/mol. The van der Waals surface area contributed by atoms with Crippen LogP contribution in [0.2, 0.25) is 0 Å². The minimum atomic E-state index is 0.224. The second-order valence-corrected chi connectivity index (χ2v) is 4.54. The van der Waals surface area contributed by atoms with E-state index >= 15 is 0 Å². The first-order valence-corrected chi connectivity index (χ1v) is 5.98. The first-order chi connectivity index (χ1) is 7.33. The van der Waals surface area contributed by atoms with Gasteiger partial charge in [0.1, 0.15) is 0 Å². The normalized spacial score (nSPS) is 30.9. The van der Waals surface area contributed by atoms with Gasteiger partial charge in [-0.2, -0.15) is 0 Å². The van der Waals surface area contributed by atoms with Crippen LogP contribution in [0, 0.1) is 5.92 Å². The minimum absolute atomic E-state index is 0.224. The Balaban J connectivity index is 1.97.